The molecule has 25 heavy (non-hydrogen) atoms. The van der Waals surface area contributed by atoms with E-state index < -0.39 is 11.6 Å². The van der Waals surface area contributed by atoms with Gasteiger partial charge in [-0.3, -0.25) is 0 Å². The first-order valence-corrected chi connectivity index (χ1v) is 10.0. The largest absolute Gasteiger partial charge is 0.300 e. The molecule has 0 amide bonds. The van der Waals surface area contributed by atoms with Gasteiger partial charge >= 0.3 is 0 Å². The van der Waals surface area contributed by atoms with Crippen LogP contribution in [0, 0.1) is 11.6 Å². The highest BCUT2D eigenvalue weighted by atomic mass is 32.2. The molecule has 2 saturated heterocycles. The van der Waals surface area contributed by atoms with Gasteiger partial charge in [-0.05, 0) is 49.3 Å². The highest BCUT2D eigenvalue weighted by Crippen LogP contribution is 2.29. The molecule has 2 aliphatic rings. The van der Waals surface area contributed by atoms with Gasteiger partial charge in [0.05, 0.1) is 12.2 Å². The molecule has 0 N–H and O–H groups in total. The Morgan fingerprint density at radius 3 is 2.28 bits per heavy atom. The lowest BCUT2D eigenvalue weighted by Crippen LogP contribution is -2.43. The van der Waals surface area contributed by atoms with E-state index in [0.717, 1.165) is 38.0 Å². The number of halogens is 2. The highest BCUT2D eigenvalue weighted by molar-refractivity contribution is 7.99. The van der Waals surface area contributed by atoms with E-state index in [4.69, 9.17) is 0 Å². The third-order valence-electron chi connectivity index (χ3n) is 5.25. The molecule has 2 aliphatic heterocycles. The predicted molar refractivity (Wildman–Crippen MR) is 95.6 cm³/mol. The van der Waals surface area contributed by atoms with Gasteiger partial charge in [0.1, 0.15) is 17.3 Å². The summed E-state index contributed by atoms with van der Waals surface area (Å²) in [4.78, 5) is 2.62. The highest BCUT2D eigenvalue weighted by Gasteiger charge is 2.27. The lowest BCUT2D eigenvalue weighted by atomic mass is 10.0. The number of rotatable bonds is 3. The Kier molecular flexibility index (Phi) is 5.03. The number of benzene rings is 1. The van der Waals surface area contributed by atoms with Crippen LogP contribution in [0.1, 0.15) is 31.7 Å². The smallest absolute Gasteiger partial charge is 0.126 e. The first kappa shape index (κ1) is 17.0. The molecular weight excluding hydrogens is 342 g/mol. The van der Waals surface area contributed by atoms with Crippen molar-refractivity contribution in [2.24, 2.45) is 0 Å². The summed E-state index contributed by atoms with van der Waals surface area (Å²) < 4.78 is 28.7. The van der Waals surface area contributed by atoms with Gasteiger partial charge in [0.15, 0.2) is 0 Å². The molecule has 4 nitrogen and oxygen atoms in total. The van der Waals surface area contributed by atoms with Crippen molar-refractivity contribution in [3.63, 3.8) is 0 Å². The average molecular weight is 364 g/mol. The number of hydrogen-bond acceptors (Lipinski definition) is 4. The van der Waals surface area contributed by atoms with E-state index >= 15 is 0 Å². The van der Waals surface area contributed by atoms with Crippen LogP contribution in [0.5, 0.6) is 0 Å². The van der Waals surface area contributed by atoms with E-state index in [1.54, 1.807) is 0 Å². The summed E-state index contributed by atoms with van der Waals surface area (Å²) in [6.07, 6.45) is 6.50. The van der Waals surface area contributed by atoms with Crippen molar-refractivity contribution in [3.8, 4) is 11.3 Å². The Morgan fingerprint density at radius 1 is 0.920 bits per heavy atom. The second-order valence-electron chi connectivity index (χ2n) is 6.85. The van der Waals surface area contributed by atoms with Gasteiger partial charge < -0.3 is 4.90 Å². The molecule has 7 heteroatoms. The van der Waals surface area contributed by atoms with Crippen LogP contribution in [0.25, 0.3) is 11.3 Å². The summed E-state index contributed by atoms with van der Waals surface area (Å²) in [6.45, 7) is 2.17. The fourth-order valence-electron chi connectivity index (χ4n) is 3.85. The number of likely N-dealkylation sites (tertiary alicyclic amines) is 1. The van der Waals surface area contributed by atoms with E-state index in [9.17, 15) is 8.78 Å². The van der Waals surface area contributed by atoms with Gasteiger partial charge in [-0.1, -0.05) is 5.21 Å². The third-order valence-corrected chi connectivity index (χ3v) is 6.30. The maximum absolute atomic E-state index is 13.4. The minimum absolute atomic E-state index is 0.314. The van der Waals surface area contributed by atoms with Crippen LogP contribution < -0.4 is 0 Å². The normalized spacial score (nSPS) is 20.9. The Hall–Kier alpha value is -1.47. The summed E-state index contributed by atoms with van der Waals surface area (Å²) in [5.74, 6) is 1.37. The number of hydrogen-bond donors (Lipinski definition) is 0. The molecule has 0 spiro atoms. The first-order chi connectivity index (χ1) is 12.2. The van der Waals surface area contributed by atoms with Gasteiger partial charge in [-0.25, -0.2) is 13.5 Å². The lowest BCUT2D eigenvalue weighted by Gasteiger charge is -2.39. The number of thioether (sulfide) groups is 1. The molecule has 0 atom stereocenters. The molecule has 0 aliphatic carbocycles. The molecule has 2 fully saturated rings. The van der Waals surface area contributed by atoms with Crippen molar-refractivity contribution >= 4 is 11.8 Å². The van der Waals surface area contributed by atoms with Crippen LogP contribution in [0.4, 0.5) is 8.78 Å². The van der Waals surface area contributed by atoms with Crippen LogP contribution in [-0.2, 0) is 0 Å². The molecule has 134 valence electrons. The van der Waals surface area contributed by atoms with Crippen LogP contribution in [0.3, 0.4) is 0 Å². The molecular formula is C18H22F2N4S. The zero-order valence-corrected chi connectivity index (χ0v) is 14.9. The summed E-state index contributed by atoms with van der Waals surface area (Å²) in [5.41, 5.74) is 0.950. The molecule has 4 rings (SSSR count). The zero-order valence-electron chi connectivity index (χ0n) is 14.1. The Labute approximate surface area is 150 Å². The molecule has 1 aromatic carbocycles. The van der Waals surface area contributed by atoms with E-state index in [0.29, 0.717) is 17.3 Å². The predicted octanol–water partition coefficient (Wildman–Crippen LogP) is 3.76. The SMILES string of the molecule is Fc1cc(F)cc(-c2cn(C3CCN(C4CCSCC4)CC3)nn2)c1. The van der Waals surface area contributed by atoms with Crippen molar-refractivity contribution < 1.29 is 8.78 Å². The molecule has 0 unspecified atom stereocenters. The third kappa shape index (κ3) is 3.87. The maximum Gasteiger partial charge on any atom is 0.126 e. The van der Waals surface area contributed by atoms with Gasteiger partial charge in [0.25, 0.3) is 0 Å². The van der Waals surface area contributed by atoms with Crippen molar-refractivity contribution in [2.45, 2.75) is 37.8 Å². The van der Waals surface area contributed by atoms with E-state index in [1.165, 1.54) is 36.5 Å². The Balaban J connectivity index is 1.41. The summed E-state index contributed by atoms with van der Waals surface area (Å²) in [5, 5.41) is 8.33. The first-order valence-electron chi connectivity index (χ1n) is 8.89. The summed E-state index contributed by atoms with van der Waals surface area (Å²) >= 11 is 2.06. The second kappa shape index (κ2) is 7.41. The van der Waals surface area contributed by atoms with Crippen LogP contribution in [0.15, 0.2) is 24.4 Å². The van der Waals surface area contributed by atoms with Crippen LogP contribution >= 0.6 is 11.8 Å². The van der Waals surface area contributed by atoms with Crippen molar-refractivity contribution in [3.05, 3.63) is 36.0 Å². The van der Waals surface area contributed by atoms with E-state index in [-0.39, 0.29) is 0 Å². The zero-order chi connectivity index (χ0) is 17.2. The quantitative estimate of drug-likeness (QED) is 0.831. The number of aromatic nitrogens is 3. The molecule has 0 radical (unpaired) electrons. The van der Waals surface area contributed by atoms with Crippen molar-refractivity contribution in [1.82, 2.24) is 19.9 Å². The topological polar surface area (TPSA) is 34.0 Å². The summed E-state index contributed by atoms with van der Waals surface area (Å²) in [6, 6.07) is 4.51. The fraction of sp³-hybridized carbons (Fsp3) is 0.556. The second-order valence-corrected chi connectivity index (χ2v) is 8.08. The fourth-order valence-corrected chi connectivity index (χ4v) is 4.94. The van der Waals surface area contributed by atoms with Gasteiger partial charge in [-0.15, -0.1) is 5.10 Å². The minimum Gasteiger partial charge on any atom is -0.300 e. The average Bonchev–Trinajstić information content (AvgIpc) is 3.12. The minimum atomic E-state index is -0.594. The molecule has 2 aromatic rings. The standard InChI is InChI=1S/C18H22F2N4S/c19-14-9-13(10-15(20)11-14)18-12-24(22-21-18)17-1-5-23(6-2-17)16-3-7-25-8-4-16/h9-12,16-17H,1-8H2. The molecule has 0 saturated carbocycles. The maximum atomic E-state index is 13.4. The Bertz CT molecular complexity index is 701. The van der Waals surface area contributed by atoms with Crippen LogP contribution in [-0.4, -0.2) is 50.5 Å². The summed E-state index contributed by atoms with van der Waals surface area (Å²) in [7, 11) is 0. The van der Waals surface area contributed by atoms with E-state index in [2.05, 4.69) is 27.0 Å². The van der Waals surface area contributed by atoms with Crippen LogP contribution in [0.2, 0.25) is 0 Å². The molecule has 3 heterocycles. The van der Waals surface area contributed by atoms with Gasteiger partial charge in [0, 0.05) is 30.8 Å². The molecule has 1 aromatic heterocycles. The monoisotopic (exact) mass is 364 g/mol. The van der Waals surface area contributed by atoms with Crippen molar-refractivity contribution in [1.29, 1.82) is 0 Å². The lowest BCUT2D eigenvalue weighted by molar-refractivity contribution is 0.123. The number of nitrogens with zero attached hydrogens (tertiary/aromatic N) is 4. The molecule has 0 bridgehead atoms. The van der Waals surface area contributed by atoms with Gasteiger partial charge in [0.2, 0.25) is 0 Å². The van der Waals surface area contributed by atoms with Crippen molar-refractivity contribution in [2.75, 3.05) is 24.6 Å². The Morgan fingerprint density at radius 2 is 1.60 bits per heavy atom. The number of piperidine rings is 1. The van der Waals surface area contributed by atoms with E-state index in [1.807, 2.05) is 10.9 Å². The van der Waals surface area contributed by atoms with Gasteiger partial charge in [-0.2, -0.15) is 11.8 Å².